The molecule has 1 aromatic carbocycles. The van der Waals surface area contributed by atoms with E-state index in [0.29, 0.717) is 0 Å². The van der Waals surface area contributed by atoms with Gasteiger partial charge in [-0.3, -0.25) is 0 Å². The van der Waals surface area contributed by atoms with Gasteiger partial charge in [0.05, 0.1) is 0 Å². The number of aryl methyl sites for hydroxylation is 2. The number of rotatable bonds is 28. The molecule has 0 aliphatic carbocycles. The van der Waals surface area contributed by atoms with Crippen molar-refractivity contribution < 1.29 is 0 Å². The van der Waals surface area contributed by atoms with Gasteiger partial charge in [-0.25, -0.2) is 0 Å². The van der Waals surface area contributed by atoms with Crippen LogP contribution in [0.1, 0.15) is 178 Å². The summed E-state index contributed by atoms with van der Waals surface area (Å²) in [7, 11) is 0. The molecule has 0 aliphatic rings. The lowest BCUT2D eigenvalue weighted by atomic mass is 10.0. The van der Waals surface area contributed by atoms with Crippen LogP contribution in [0.5, 0.6) is 0 Å². The maximum Gasteiger partial charge on any atom is 0.0410 e. The van der Waals surface area contributed by atoms with Crippen molar-refractivity contribution in [3.8, 4) is 20.9 Å². The van der Waals surface area contributed by atoms with Gasteiger partial charge in [0.2, 0.25) is 0 Å². The third-order valence-corrected chi connectivity index (χ3v) is 14.0. The van der Waals surface area contributed by atoms with Gasteiger partial charge in [-0.2, -0.15) is 0 Å². The maximum atomic E-state index is 3.96. The molecule has 0 spiro atoms. The fourth-order valence-corrected chi connectivity index (χ4v) is 10.1. The molecule has 0 N–H and O–H groups in total. The van der Waals surface area contributed by atoms with E-state index in [1.54, 1.807) is 0 Å². The molecule has 46 heavy (non-hydrogen) atoms. The van der Waals surface area contributed by atoms with Crippen molar-refractivity contribution in [3.05, 3.63) is 55.1 Å². The van der Waals surface area contributed by atoms with Crippen LogP contribution in [0.15, 0.2) is 45.3 Å². The van der Waals surface area contributed by atoms with Gasteiger partial charge in [-0.05, 0) is 81.8 Å². The molecule has 0 saturated heterocycles. The first-order valence-corrected chi connectivity index (χ1v) is 22.5. The fourth-order valence-electron chi connectivity index (χ4n) is 6.52. The van der Waals surface area contributed by atoms with Crippen molar-refractivity contribution in [1.29, 1.82) is 0 Å². The van der Waals surface area contributed by atoms with Crippen molar-refractivity contribution in [3.63, 3.8) is 0 Å². The van der Waals surface area contributed by atoms with Crippen LogP contribution in [-0.2, 0) is 12.8 Å². The molecule has 0 saturated carbocycles. The SMILES string of the molecule is CCCCCCCCCCCCCCc1ccc(-c2ccc(-c3ccc(CCCCCCCCCCCCCC)s3)c(Br)c2Br)s1. The first-order chi connectivity index (χ1) is 22.6. The molecule has 4 heteroatoms. The Kier molecular flexibility index (Phi) is 22.2. The predicted octanol–water partition coefficient (Wildman–Crippen LogP) is 17.2. The van der Waals surface area contributed by atoms with Crippen molar-refractivity contribution in [2.45, 2.75) is 181 Å². The summed E-state index contributed by atoms with van der Waals surface area (Å²) in [6.45, 7) is 4.60. The van der Waals surface area contributed by atoms with Gasteiger partial charge in [-0.15, -0.1) is 22.7 Å². The van der Waals surface area contributed by atoms with Gasteiger partial charge in [-0.1, -0.05) is 167 Å². The van der Waals surface area contributed by atoms with Crippen LogP contribution >= 0.6 is 54.5 Å². The van der Waals surface area contributed by atoms with Crippen LogP contribution < -0.4 is 0 Å². The summed E-state index contributed by atoms with van der Waals surface area (Å²) in [4.78, 5) is 5.78. The zero-order valence-corrected chi connectivity index (χ0v) is 34.2. The number of thiophene rings is 2. The van der Waals surface area contributed by atoms with E-state index in [1.165, 1.54) is 207 Å². The van der Waals surface area contributed by atoms with Gasteiger partial charge < -0.3 is 0 Å². The highest BCUT2D eigenvalue weighted by molar-refractivity contribution is 9.13. The van der Waals surface area contributed by atoms with Crippen LogP contribution in [0.4, 0.5) is 0 Å². The summed E-state index contributed by atoms with van der Waals surface area (Å²) < 4.78 is 2.36. The van der Waals surface area contributed by atoms with E-state index in [4.69, 9.17) is 0 Å². The lowest BCUT2D eigenvalue weighted by molar-refractivity contribution is 0.544. The van der Waals surface area contributed by atoms with E-state index in [0.717, 1.165) is 0 Å². The summed E-state index contributed by atoms with van der Waals surface area (Å²) in [6, 6.07) is 14.0. The van der Waals surface area contributed by atoms with Gasteiger partial charge in [0.15, 0.2) is 0 Å². The zero-order valence-electron chi connectivity index (χ0n) is 29.4. The summed E-state index contributed by atoms with van der Waals surface area (Å²) >= 11 is 11.9. The van der Waals surface area contributed by atoms with Crippen LogP contribution in [0.2, 0.25) is 0 Å². The molecule has 3 rings (SSSR count). The molecule has 0 nitrogen and oxygen atoms in total. The molecule has 3 aromatic rings. The number of unbranched alkanes of at least 4 members (excludes halogenated alkanes) is 22. The second-order valence-corrected chi connectivity index (χ2v) is 17.5. The topological polar surface area (TPSA) is 0 Å². The molecular formula is C42H64Br2S2. The molecule has 258 valence electrons. The Hall–Kier alpha value is -0.420. The Bertz CT molecular complexity index is 1090. The second kappa shape index (κ2) is 25.5. The van der Waals surface area contributed by atoms with E-state index in [9.17, 15) is 0 Å². The standard InChI is InChI=1S/C42H64Br2S2/c1-3-5-7-9-11-13-15-17-19-21-23-25-27-35-29-33-39(45-35)37-31-32-38(42(44)41(37)43)40-34-30-36(46-40)28-26-24-22-20-18-16-14-12-10-8-6-4-2/h29-34H,3-28H2,1-2H3. The van der Waals surface area contributed by atoms with E-state index < -0.39 is 0 Å². The fraction of sp³-hybridized carbons (Fsp3) is 0.667. The van der Waals surface area contributed by atoms with Crippen molar-refractivity contribution in [2.75, 3.05) is 0 Å². The monoisotopic (exact) mass is 790 g/mol. The summed E-state index contributed by atoms with van der Waals surface area (Å²) in [6.07, 6.45) is 36.3. The highest BCUT2D eigenvalue weighted by atomic mass is 79.9. The highest BCUT2D eigenvalue weighted by Gasteiger charge is 2.15. The Morgan fingerprint density at radius 3 is 0.957 bits per heavy atom. The Morgan fingerprint density at radius 2 is 0.652 bits per heavy atom. The van der Waals surface area contributed by atoms with Crippen molar-refractivity contribution in [1.82, 2.24) is 0 Å². The number of benzene rings is 1. The quantitative estimate of drug-likeness (QED) is 0.0643. The number of halogens is 2. The van der Waals surface area contributed by atoms with Gasteiger partial charge >= 0.3 is 0 Å². The predicted molar refractivity (Wildman–Crippen MR) is 218 cm³/mol. The van der Waals surface area contributed by atoms with E-state index in [-0.39, 0.29) is 0 Å². The highest BCUT2D eigenvalue weighted by Crippen LogP contribution is 2.44. The van der Waals surface area contributed by atoms with Gasteiger partial charge in [0.1, 0.15) is 0 Å². The first kappa shape index (κ1) is 40.0. The van der Waals surface area contributed by atoms with Crippen LogP contribution in [0.3, 0.4) is 0 Å². The molecule has 0 atom stereocenters. The minimum Gasteiger partial charge on any atom is -0.140 e. The van der Waals surface area contributed by atoms with E-state index in [1.807, 2.05) is 22.7 Å². The lowest BCUT2D eigenvalue weighted by Gasteiger charge is -2.09. The third kappa shape index (κ3) is 15.9. The molecule has 0 radical (unpaired) electrons. The lowest BCUT2D eigenvalue weighted by Crippen LogP contribution is -1.84. The molecule has 0 fully saturated rings. The second-order valence-electron chi connectivity index (χ2n) is 13.6. The molecular weight excluding hydrogens is 728 g/mol. The molecule has 0 aliphatic heterocycles. The van der Waals surface area contributed by atoms with Crippen LogP contribution in [-0.4, -0.2) is 0 Å². The average molecular weight is 793 g/mol. The first-order valence-electron chi connectivity index (χ1n) is 19.3. The van der Waals surface area contributed by atoms with Crippen molar-refractivity contribution >= 4 is 54.5 Å². The number of hydrogen-bond acceptors (Lipinski definition) is 2. The maximum absolute atomic E-state index is 3.96. The van der Waals surface area contributed by atoms with E-state index in [2.05, 4.69) is 82.1 Å². The molecule has 2 heterocycles. The van der Waals surface area contributed by atoms with Crippen molar-refractivity contribution in [2.24, 2.45) is 0 Å². The minimum absolute atomic E-state index is 1.18. The number of hydrogen-bond donors (Lipinski definition) is 0. The normalized spacial score (nSPS) is 11.6. The minimum atomic E-state index is 1.18. The summed E-state index contributed by atoms with van der Waals surface area (Å²) in [5.74, 6) is 0. The molecule has 2 aromatic heterocycles. The smallest absolute Gasteiger partial charge is 0.0410 e. The third-order valence-electron chi connectivity index (χ3n) is 9.49. The van der Waals surface area contributed by atoms with E-state index >= 15 is 0 Å². The summed E-state index contributed by atoms with van der Waals surface area (Å²) in [5.41, 5.74) is 2.60. The largest absolute Gasteiger partial charge is 0.140 e. The van der Waals surface area contributed by atoms with Crippen LogP contribution in [0, 0.1) is 0 Å². The van der Waals surface area contributed by atoms with Gasteiger partial charge in [0.25, 0.3) is 0 Å². The van der Waals surface area contributed by atoms with Crippen LogP contribution in [0.25, 0.3) is 20.9 Å². The molecule has 0 unspecified atom stereocenters. The molecule has 0 amide bonds. The Balaban J connectivity index is 1.32. The van der Waals surface area contributed by atoms with Gasteiger partial charge in [0, 0.05) is 39.6 Å². The zero-order chi connectivity index (χ0) is 32.7. The average Bonchev–Trinajstić information content (AvgIpc) is 3.73. The Labute approximate surface area is 309 Å². The molecule has 0 bridgehead atoms. The summed E-state index contributed by atoms with van der Waals surface area (Å²) in [5, 5.41) is 0. The Morgan fingerprint density at radius 1 is 0.370 bits per heavy atom.